The molecule has 0 radical (unpaired) electrons. The molecular formula is C11H10ClN5O. The summed E-state index contributed by atoms with van der Waals surface area (Å²) < 4.78 is 0. The second kappa shape index (κ2) is 5.42. The first-order chi connectivity index (χ1) is 8.70. The van der Waals surface area contributed by atoms with Crippen LogP contribution in [-0.2, 0) is 6.54 Å². The lowest BCUT2D eigenvalue weighted by atomic mass is 10.2. The minimum absolute atomic E-state index is 0.127. The van der Waals surface area contributed by atoms with Gasteiger partial charge in [0.05, 0.1) is 17.1 Å². The third-order valence-electron chi connectivity index (χ3n) is 2.09. The third kappa shape index (κ3) is 2.72. The number of benzene rings is 1. The monoisotopic (exact) mass is 263 g/mol. The summed E-state index contributed by atoms with van der Waals surface area (Å²) in [5, 5.41) is 14.2. The number of allylic oxidation sites excluding steroid dienone is 1. The van der Waals surface area contributed by atoms with E-state index in [9.17, 15) is 4.79 Å². The van der Waals surface area contributed by atoms with E-state index in [0.717, 1.165) is 0 Å². The fourth-order valence-electron chi connectivity index (χ4n) is 1.30. The van der Waals surface area contributed by atoms with Crippen molar-refractivity contribution in [1.82, 2.24) is 20.2 Å². The van der Waals surface area contributed by atoms with Crippen molar-refractivity contribution in [2.45, 2.75) is 6.54 Å². The Bertz CT molecular complexity index is 580. The highest BCUT2D eigenvalue weighted by molar-refractivity contribution is 6.34. The van der Waals surface area contributed by atoms with Crippen LogP contribution in [0, 0.1) is 0 Å². The number of carbonyl (C=O) groups excluding carboxylic acids is 1. The Morgan fingerprint density at radius 2 is 2.28 bits per heavy atom. The van der Waals surface area contributed by atoms with Gasteiger partial charge < -0.3 is 0 Å². The van der Waals surface area contributed by atoms with E-state index in [1.54, 1.807) is 30.3 Å². The number of hydrogen-bond acceptors (Lipinski definition) is 4. The van der Waals surface area contributed by atoms with Crippen molar-refractivity contribution in [3.05, 3.63) is 47.5 Å². The van der Waals surface area contributed by atoms with Crippen molar-refractivity contribution < 1.29 is 4.79 Å². The fraction of sp³-hybridized carbons (Fsp3) is 0.0909. The van der Waals surface area contributed by atoms with Crippen LogP contribution in [0.3, 0.4) is 0 Å². The maximum atomic E-state index is 11.9. The van der Waals surface area contributed by atoms with E-state index >= 15 is 0 Å². The van der Waals surface area contributed by atoms with E-state index in [1.807, 2.05) is 0 Å². The molecule has 1 N–H and O–H groups in total. The minimum atomic E-state index is -0.376. The van der Waals surface area contributed by atoms with Crippen LogP contribution in [0.4, 0.5) is 5.95 Å². The average Bonchev–Trinajstić information content (AvgIpc) is 2.77. The maximum absolute atomic E-state index is 11.9. The molecule has 2 rings (SSSR count). The average molecular weight is 264 g/mol. The second-order valence-corrected chi connectivity index (χ2v) is 3.80. The summed E-state index contributed by atoms with van der Waals surface area (Å²) in [6.45, 7) is 3.98. The Hall–Kier alpha value is -2.21. The molecule has 0 saturated carbocycles. The van der Waals surface area contributed by atoms with Crippen LogP contribution in [0.1, 0.15) is 10.4 Å². The molecule has 1 amide bonds. The summed E-state index contributed by atoms with van der Waals surface area (Å²) in [4.78, 5) is 13.2. The van der Waals surface area contributed by atoms with E-state index in [1.165, 1.54) is 4.80 Å². The van der Waals surface area contributed by atoms with E-state index < -0.39 is 0 Å². The van der Waals surface area contributed by atoms with Crippen molar-refractivity contribution in [2.24, 2.45) is 0 Å². The fourth-order valence-corrected chi connectivity index (χ4v) is 1.52. The van der Waals surface area contributed by atoms with Gasteiger partial charge in [-0.3, -0.25) is 10.1 Å². The largest absolute Gasteiger partial charge is 0.288 e. The molecule has 2 aromatic rings. The van der Waals surface area contributed by atoms with Gasteiger partial charge in [0.2, 0.25) is 0 Å². The second-order valence-electron chi connectivity index (χ2n) is 3.39. The number of rotatable bonds is 4. The van der Waals surface area contributed by atoms with Gasteiger partial charge in [-0.05, 0) is 17.3 Å². The quantitative estimate of drug-likeness (QED) is 0.853. The number of hydrogen-bond donors (Lipinski definition) is 1. The number of nitrogens with zero attached hydrogens (tertiary/aromatic N) is 4. The molecule has 0 fully saturated rings. The molecule has 0 spiro atoms. The number of carbonyl (C=O) groups is 1. The van der Waals surface area contributed by atoms with Gasteiger partial charge in [-0.15, -0.1) is 11.7 Å². The van der Waals surface area contributed by atoms with E-state index in [0.29, 0.717) is 17.1 Å². The molecule has 0 aliphatic rings. The molecule has 0 atom stereocenters. The predicted octanol–water partition coefficient (Wildman–Crippen LogP) is 1.76. The lowest BCUT2D eigenvalue weighted by Gasteiger charge is -2.02. The minimum Gasteiger partial charge on any atom is -0.288 e. The SMILES string of the molecule is C=CCn1nnc(NC(=O)c2ccccc2Cl)n1. The molecular weight excluding hydrogens is 254 g/mol. The standard InChI is InChI=1S/C11H10ClN5O/c1-2-7-17-15-11(14-16-17)13-10(18)8-5-3-4-6-9(8)12/h2-6H,1,7H2,(H,13,15,18). The van der Waals surface area contributed by atoms with Gasteiger partial charge in [0.1, 0.15) is 0 Å². The Balaban J connectivity index is 2.11. The Morgan fingerprint density at radius 3 is 3.00 bits per heavy atom. The van der Waals surface area contributed by atoms with Gasteiger partial charge in [0, 0.05) is 0 Å². The predicted molar refractivity (Wildman–Crippen MR) is 67.4 cm³/mol. The maximum Gasteiger partial charge on any atom is 0.270 e. The number of aromatic nitrogens is 4. The molecule has 0 saturated heterocycles. The molecule has 1 aromatic heterocycles. The Morgan fingerprint density at radius 1 is 1.50 bits per heavy atom. The summed E-state index contributed by atoms with van der Waals surface area (Å²) >= 11 is 5.90. The Labute approximate surface area is 108 Å². The highest BCUT2D eigenvalue weighted by Gasteiger charge is 2.12. The lowest BCUT2D eigenvalue weighted by Crippen LogP contribution is -2.13. The van der Waals surface area contributed by atoms with Crippen LogP contribution in [-0.4, -0.2) is 26.1 Å². The molecule has 0 unspecified atom stereocenters. The zero-order chi connectivity index (χ0) is 13.0. The van der Waals surface area contributed by atoms with Gasteiger partial charge in [0.15, 0.2) is 0 Å². The van der Waals surface area contributed by atoms with Crippen molar-refractivity contribution in [3.8, 4) is 0 Å². The Kier molecular flexibility index (Phi) is 3.69. The smallest absolute Gasteiger partial charge is 0.270 e. The number of nitrogens with one attached hydrogen (secondary N) is 1. The van der Waals surface area contributed by atoms with Crippen molar-refractivity contribution in [1.29, 1.82) is 0 Å². The van der Waals surface area contributed by atoms with Crippen LogP contribution in [0.2, 0.25) is 5.02 Å². The van der Waals surface area contributed by atoms with Gasteiger partial charge >= 0.3 is 0 Å². The van der Waals surface area contributed by atoms with E-state index in [2.05, 4.69) is 27.3 Å². The highest BCUT2D eigenvalue weighted by atomic mass is 35.5. The first-order valence-electron chi connectivity index (χ1n) is 5.15. The summed E-state index contributed by atoms with van der Waals surface area (Å²) in [6.07, 6.45) is 1.63. The molecule has 18 heavy (non-hydrogen) atoms. The lowest BCUT2D eigenvalue weighted by molar-refractivity contribution is 0.102. The summed E-state index contributed by atoms with van der Waals surface area (Å²) in [5.41, 5.74) is 0.360. The van der Waals surface area contributed by atoms with E-state index in [4.69, 9.17) is 11.6 Å². The van der Waals surface area contributed by atoms with Crippen LogP contribution >= 0.6 is 11.6 Å². The normalized spacial score (nSPS) is 10.1. The molecule has 0 bridgehead atoms. The number of tetrazole rings is 1. The highest BCUT2D eigenvalue weighted by Crippen LogP contribution is 2.15. The topological polar surface area (TPSA) is 72.7 Å². The molecule has 6 nitrogen and oxygen atoms in total. The summed E-state index contributed by atoms with van der Waals surface area (Å²) in [7, 11) is 0. The first-order valence-corrected chi connectivity index (χ1v) is 5.53. The molecule has 92 valence electrons. The van der Waals surface area contributed by atoms with Crippen LogP contribution in [0.25, 0.3) is 0 Å². The molecule has 1 heterocycles. The molecule has 0 aliphatic heterocycles. The van der Waals surface area contributed by atoms with Crippen LogP contribution in [0.15, 0.2) is 36.9 Å². The number of anilines is 1. The number of halogens is 1. The van der Waals surface area contributed by atoms with Gasteiger partial charge in [-0.2, -0.15) is 4.80 Å². The summed E-state index contributed by atoms with van der Waals surface area (Å²) in [6, 6.07) is 6.73. The third-order valence-corrected chi connectivity index (χ3v) is 2.42. The van der Waals surface area contributed by atoms with Gasteiger partial charge in [0.25, 0.3) is 11.9 Å². The van der Waals surface area contributed by atoms with Gasteiger partial charge in [-0.25, -0.2) is 0 Å². The zero-order valence-electron chi connectivity index (χ0n) is 9.38. The first kappa shape index (κ1) is 12.3. The molecule has 7 heteroatoms. The molecule has 1 aromatic carbocycles. The van der Waals surface area contributed by atoms with Gasteiger partial charge in [-0.1, -0.05) is 34.9 Å². The van der Waals surface area contributed by atoms with Crippen LogP contribution in [0.5, 0.6) is 0 Å². The van der Waals surface area contributed by atoms with E-state index in [-0.39, 0.29) is 11.9 Å². The number of amides is 1. The van der Waals surface area contributed by atoms with Crippen molar-refractivity contribution >= 4 is 23.5 Å². The zero-order valence-corrected chi connectivity index (χ0v) is 10.1. The van der Waals surface area contributed by atoms with Crippen molar-refractivity contribution in [3.63, 3.8) is 0 Å². The molecule has 0 aliphatic carbocycles. The van der Waals surface area contributed by atoms with Crippen LogP contribution < -0.4 is 5.32 Å². The van der Waals surface area contributed by atoms with Crippen molar-refractivity contribution in [2.75, 3.05) is 5.32 Å². The summed E-state index contributed by atoms with van der Waals surface area (Å²) in [5.74, 6) is -0.250.